The van der Waals surface area contributed by atoms with Gasteiger partial charge in [-0.05, 0) is 92.5 Å². The van der Waals surface area contributed by atoms with Crippen LogP contribution in [0.3, 0.4) is 0 Å². The van der Waals surface area contributed by atoms with Gasteiger partial charge in [0.05, 0.1) is 31.4 Å². The molecule has 282 valence electrons. The van der Waals surface area contributed by atoms with Gasteiger partial charge >= 0.3 is 5.97 Å². The molecule has 0 spiro atoms. The number of nitrogens with zero attached hydrogens (tertiary/aromatic N) is 7. The topological polar surface area (TPSA) is 144 Å². The number of aromatic nitrogens is 5. The molecule has 1 aliphatic heterocycles. The number of anilines is 2. The second-order valence-corrected chi connectivity index (χ2v) is 15.4. The Kier molecular flexibility index (Phi) is 13.2. The predicted molar refractivity (Wildman–Crippen MR) is 205 cm³/mol. The molecule has 2 aliphatic rings. The summed E-state index contributed by atoms with van der Waals surface area (Å²) in [5, 5.41) is 9.89. The van der Waals surface area contributed by atoms with E-state index >= 15 is 0 Å². The van der Waals surface area contributed by atoms with Crippen LogP contribution in [0.5, 0.6) is 11.6 Å². The van der Waals surface area contributed by atoms with Gasteiger partial charge in [0.25, 0.3) is 5.91 Å². The molecular formula is C40H50ClN7O5. The van der Waals surface area contributed by atoms with E-state index in [2.05, 4.69) is 50.6 Å². The zero-order valence-electron chi connectivity index (χ0n) is 31.5. The van der Waals surface area contributed by atoms with Gasteiger partial charge < -0.3 is 19.5 Å². The highest BCUT2D eigenvalue weighted by atomic mass is 35.5. The van der Waals surface area contributed by atoms with E-state index in [0.717, 1.165) is 61.4 Å². The minimum Gasteiger partial charge on any atom is -0.497 e. The third-order valence-corrected chi connectivity index (χ3v) is 9.55. The number of ether oxygens (including phenoxy) is 2. The minimum absolute atomic E-state index is 0.00791. The lowest BCUT2D eigenvalue weighted by Crippen LogP contribution is -2.41. The van der Waals surface area contributed by atoms with E-state index in [0.29, 0.717) is 53.2 Å². The van der Waals surface area contributed by atoms with Crippen LogP contribution in [-0.4, -0.2) is 75.3 Å². The Morgan fingerprint density at radius 1 is 0.943 bits per heavy atom. The molecule has 1 saturated heterocycles. The number of aryl methyl sites for hydroxylation is 2. The fraction of sp³-hybridized carbons (Fsp3) is 0.475. The summed E-state index contributed by atoms with van der Waals surface area (Å²) >= 11 is 5.49. The Hall–Kier alpha value is -4.84. The van der Waals surface area contributed by atoms with Gasteiger partial charge in [0.15, 0.2) is 0 Å². The molecule has 4 heterocycles. The molecule has 53 heavy (non-hydrogen) atoms. The number of piperidine rings is 1. The lowest BCUT2D eigenvalue weighted by molar-refractivity contribution is -0.137. The molecule has 4 aromatic rings. The number of amides is 1. The number of hydrogen-bond donors (Lipinski definition) is 1. The Morgan fingerprint density at radius 3 is 2.23 bits per heavy atom. The van der Waals surface area contributed by atoms with Gasteiger partial charge in [0.1, 0.15) is 29.4 Å². The first-order valence-corrected chi connectivity index (χ1v) is 18.5. The molecule has 13 heteroatoms. The van der Waals surface area contributed by atoms with Gasteiger partial charge in [-0.3, -0.25) is 14.5 Å². The molecule has 2 fully saturated rings. The van der Waals surface area contributed by atoms with Crippen LogP contribution >= 0.6 is 11.6 Å². The van der Waals surface area contributed by atoms with Crippen molar-refractivity contribution in [1.82, 2.24) is 24.9 Å². The lowest BCUT2D eigenvalue weighted by Gasteiger charge is -2.36. The Labute approximate surface area is 317 Å². The fourth-order valence-corrected chi connectivity index (χ4v) is 6.69. The van der Waals surface area contributed by atoms with Gasteiger partial charge in [-0.25, -0.2) is 24.9 Å². The normalized spacial score (nSPS) is 15.2. The Balaban J connectivity index is 0.000000599. The molecule has 12 nitrogen and oxygen atoms in total. The molecule has 1 aliphatic carbocycles. The molecule has 1 N–H and O–H groups in total. The SMILES string of the molecule is COc1ccc(C(=O)N(CC(C)(C)C)c2cc(C)ncn2)c(N2CCC(COc3cc(C(CC(=O)O)C4CC4)ccn3)CC2)c1.Cc1cc(Cl)ncn1. The average Bonchev–Trinajstić information content (AvgIpc) is 3.97. The van der Waals surface area contributed by atoms with E-state index in [-0.39, 0.29) is 23.7 Å². The van der Waals surface area contributed by atoms with Crippen molar-refractivity contribution < 1.29 is 24.2 Å². The highest BCUT2D eigenvalue weighted by Gasteiger charge is 2.34. The van der Waals surface area contributed by atoms with E-state index in [1.165, 1.54) is 12.7 Å². The van der Waals surface area contributed by atoms with E-state index in [1.807, 2.05) is 50.2 Å². The van der Waals surface area contributed by atoms with Crippen molar-refractivity contribution in [2.24, 2.45) is 17.3 Å². The summed E-state index contributed by atoms with van der Waals surface area (Å²) in [4.78, 5) is 50.3. The smallest absolute Gasteiger partial charge is 0.303 e. The van der Waals surface area contributed by atoms with Crippen LogP contribution in [0.25, 0.3) is 0 Å². The van der Waals surface area contributed by atoms with Crippen molar-refractivity contribution in [3.8, 4) is 11.6 Å². The largest absolute Gasteiger partial charge is 0.497 e. The number of halogens is 1. The maximum absolute atomic E-state index is 14.2. The number of carboxylic acid groups (broad SMARTS) is 1. The van der Waals surface area contributed by atoms with E-state index < -0.39 is 5.97 Å². The number of methoxy groups -OCH3 is 1. The first kappa shape index (κ1) is 39.4. The summed E-state index contributed by atoms with van der Waals surface area (Å²) in [5.74, 6) is 1.72. The molecule has 1 amide bonds. The third-order valence-electron chi connectivity index (χ3n) is 9.34. The van der Waals surface area contributed by atoms with Crippen molar-refractivity contribution in [2.75, 3.05) is 43.2 Å². The highest BCUT2D eigenvalue weighted by Crippen LogP contribution is 2.45. The van der Waals surface area contributed by atoms with Crippen LogP contribution in [-0.2, 0) is 4.79 Å². The molecule has 0 bridgehead atoms. The van der Waals surface area contributed by atoms with Crippen molar-refractivity contribution in [3.63, 3.8) is 0 Å². The number of rotatable bonds is 12. The second-order valence-electron chi connectivity index (χ2n) is 15.0. The fourth-order valence-electron chi connectivity index (χ4n) is 6.49. The third kappa shape index (κ3) is 11.6. The molecule has 0 radical (unpaired) electrons. The summed E-state index contributed by atoms with van der Waals surface area (Å²) in [5.41, 5.74) is 4.00. The molecule has 1 aromatic carbocycles. The second kappa shape index (κ2) is 17.8. The van der Waals surface area contributed by atoms with Gasteiger partial charge in [0, 0.05) is 55.4 Å². The standard InChI is InChI=1S/C35H45N5O5.C5H5ClN2/c1-23-16-31(38-22-37-23)40(21-35(2,3)4)34(43)28-9-8-27(44-5)18-30(28)39-14-11-24(12-15-39)20-45-32-17-26(10-13-36-32)29(19-33(41)42)25-6-7-25;1-4-2-5(6)8-3-7-4/h8-10,13,16-18,22,24-25,29H,6-7,11-12,14-15,19-21H2,1-5H3,(H,41,42);2-3H,1H3. The lowest BCUT2D eigenvalue weighted by atomic mass is 9.92. The zero-order valence-corrected chi connectivity index (χ0v) is 32.2. The summed E-state index contributed by atoms with van der Waals surface area (Å²) in [6.45, 7) is 12.7. The van der Waals surface area contributed by atoms with Crippen LogP contribution in [0.15, 0.2) is 61.3 Å². The van der Waals surface area contributed by atoms with Crippen molar-refractivity contribution in [2.45, 2.75) is 72.6 Å². The molecule has 1 unspecified atom stereocenters. The van der Waals surface area contributed by atoms with Crippen LogP contribution in [0.1, 0.15) is 86.1 Å². The monoisotopic (exact) mass is 743 g/mol. The van der Waals surface area contributed by atoms with Crippen LogP contribution < -0.4 is 19.3 Å². The maximum atomic E-state index is 14.2. The number of benzene rings is 1. The summed E-state index contributed by atoms with van der Waals surface area (Å²) in [6.07, 6.45) is 8.73. The number of pyridine rings is 1. The van der Waals surface area contributed by atoms with Crippen LogP contribution in [0.4, 0.5) is 11.5 Å². The average molecular weight is 744 g/mol. The quantitative estimate of drug-likeness (QED) is 0.143. The van der Waals surface area contributed by atoms with Gasteiger partial charge in [0.2, 0.25) is 5.88 Å². The first-order chi connectivity index (χ1) is 25.3. The van der Waals surface area contributed by atoms with Crippen molar-refractivity contribution in [3.05, 3.63) is 89.0 Å². The van der Waals surface area contributed by atoms with Gasteiger partial charge in [-0.2, -0.15) is 0 Å². The molecule has 1 saturated carbocycles. The Morgan fingerprint density at radius 2 is 1.64 bits per heavy atom. The maximum Gasteiger partial charge on any atom is 0.303 e. The van der Waals surface area contributed by atoms with Gasteiger partial charge in [-0.15, -0.1) is 0 Å². The van der Waals surface area contributed by atoms with Crippen LogP contribution in [0, 0.1) is 31.1 Å². The van der Waals surface area contributed by atoms with Crippen LogP contribution in [0.2, 0.25) is 5.15 Å². The first-order valence-electron chi connectivity index (χ1n) is 18.1. The van der Waals surface area contributed by atoms with Crippen molar-refractivity contribution >= 4 is 35.0 Å². The summed E-state index contributed by atoms with van der Waals surface area (Å²) < 4.78 is 11.7. The summed E-state index contributed by atoms with van der Waals surface area (Å²) in [7, 11) is 1.64. The summed E-state index contributed by atoms with van der Waals surface area (Å²) in [6, 6.07) is 13.0. The number of aliphatic carboxylic acids is 1. The van der Waals surface area contributed by atoms with E-state index in [1.54, 1.807) is 24.3 Å². The predicted octanol–water partition coefficient (Wildman–Crippen LogP) is 7.58. The number of carbonyl (C=O) groups is 2. The van der Waals surface area contributed by atoms with Crippen molar-refractivity contribution in [1.29, 1.82) is 0 Å². The zero-order chi connectivity index (χ0) is 38.1. The number of carboxylic acids is 1. The molecule has 3 aromatic heterocycles. The highest BCUT2D eigenvalue weighted by molar-refractivity contribution is 6.29. The number of carbonyl (C=O) groups excluding carboxylic acids is 1. The molecular weight excluding hydrogens is 694 g/mol. The number of hydrogen-bond acceptors (Lipinski definition) is 10. The minimum atomic E-state index is -0.773. The van der Waals surface area contributed by atoms with E-state index in [9.17, 15) is 14.7 Å². The molecule has 1 atom stereocenters. The van der Waals surface area contributed by atoms with E-state index in [4.69, 9.17) is 21.1 Å². The van der Waals surface area contributed by atoms with Gasteiger partial charge in [-0.1, -0.05) is 32.4 Å². The molecule has 6 rings (SSSR count). The Bertz CT molecular complexity index is 1840.